The molecule has 2 aromatic rings. The molecule has 0 aliphatic carbocycles. The third-order valence-electron chi connectivity index (χ3n) is 3.90. The summed E-state index contributed by atoms with van der Waals surface area (Å²) >= 11 is 0. The monoisotopic (exact) mass is 337 g/mol. The molecule has 1 heterocycles. The number of aliphatic carboxylic acids is 1. The van der Waals surface area contributed by atoms with Crippen LogP contribution in [0.25, 0.3) is 5.57 Å². The van der Waals surface area contributed by atoms with Gasteiger partial charge in [-0.05, 0) is 29.3 Å². The van der Waals surface area contributed by atoms with Crippen LogP contribution in [0.1, 0.15) is 28.4 Å². The number of nitrogens with zero attached hydrogens (tertiary/aromatic N) is 1. The van der Waals surface area contributed by atoms with Gasteiger partial charge < -0.3 is 14.7 Å². The van der Waals surface area contributed by atoms with E-state index in [-0.39, 0.29) is 11.7 Å². The van der Waals surface area contributed by atoms with E-state index >= 15 is 0 Å². The lowest BCUT2D eigenvalue weighted by atomic mass is 9.94. The van der Waals surface area contributed by atoms with Crippen LogP contribution in [0.2, 0.25) is 0 Å². The highest BCUT2D eigenvalue weighted by atomic mass is 16.5. The number of rotatable bonds is 2. The van der Waals surface area contributed by atoms with Crippen molar-refractivity contribution >= 4 is 29.1 Å². The van der Waals surface area contributed by atoms with Gasteiger partial charge in [-0.25, -0.2) is 4.79 Å². The van der Waals surface area contributed by atoms with Gasteiger partial charge >= 0.3 is 11.9 Å². The lowest BCUT2D eigenvalue weighted by molar-refractivity contribution is -0.132. The van der Waals surface area contributed by atoms with Crippen molar-refractivity contribution in [2.75, 3.05) is 11.9 Å². The molecule has 0 fully saturated rings. The number of carboxylic acids is 1. The molecule has 0 bridgehead atoms. The molecule has 0 saturated carbocycles. The first-order valence-corrected chi connectivity index (χ1v) is 7.53. The SMILES string of the molecule is CC(=O)Oc1ccc2c(c1)N(C)C(=O)c1ccccc1/C2=C/C(=O)O. The Morgan fingerprint density at radius 2 is 1.76 bits per heavy atom. The number of hydrogen-bond acceptors (Lipinski definition) is 4. The molecule has 1 aliphatic rings. The van der Waals surface area contributed by atoms with Gasteiger partial charge in [0.2, 0.25) is 0 Å². The number of ether oxygens (including phenoxy) is 1. The third-order valence-corrected chi connectivity index (χ3v) is 3.90. The van der Waals surface area contributed by atoms with Crippen LogP contribution in [0, 0.1) is 0 Å². The van der Waals surface area contributed by atoms with Crippen molar-refractivity contribution in [2.24, 2.45) is 0 Å². The lowest BCUT2D eigenvalue weighted by Crippen LogP contribution is -2.26. The average molecular weight is 337 g/mol. The van der Waals surface area contributed by atoms with Crippen molar-refractivity contribution in [3.05, 3.63) is 65.2 Å². The fraction of sp³-hybridized carbons (Fsp3) is 0.105. The zero-order valence-electron chi connectivity index (χ0n) is 13.6. The molecule has 6 heteroatoms. The van der Waals surface area contributed by atoms with Crippen LogP contribution < -0.4 is 9.64 Å². The smallest absolute Gasteiger partial charge is 0.328 e. The van der Waals surface area contributed by atoms with E-state index in [1.165, 1.54) is 11.8 Å². The summed E-state index contributed by atoms with van der Waals surface area (Å²) < 4.78 is 5.09. The van der Waals surface area contributed by atoms with Gasteiger partial charge in [-0.1, -0.05) is 18.2 Å². The maximum Gasteiger partial charge on any atom is 0.328 e. The molecule has 1 N–H and O–H groups in total. The van der Waals surface area contributed by atoms with Crippen LogP contribution in [0.15, 0.2) is 48.5 Å². The molecule has 0 radical (unpaired) electrons. The lowest BCUT2D eigenvalue weighted by Gasteiger charge is -2.18. The van der Waals surface area contributed by atoms with Gasteiger partial charge in [0.1, 0.15) is 5.75 Å². The van der Waals surface area contributed by atoms with Crippen LogP contribution in [0.3, 0.4) is 0 Å². The Labute approximate surface area is 143 Å². The van der Waals surface area contributed by atoms with Crippen molar-refractivity contribution in [1.82, 2.24) is 0 Å². The number of carbonyl (C=O) groups is 3. The molecule has 1 amide bonds. The Hall–Kier alpha value is -3.41. The van der Waals surface area contributed by atoms with Gasteiger partial charge in [0.25, 0.3) is 5.91 Å². The van der Waals surface area contributed by atoms with E-state index in [0.717, 1.165) is 6.08 Å². The van der Waals surface area contributed by atoms with Gasteiger partial charge in [0.15, 0.2) is 0 Å². The average Bonchev–Trinajstić information content (AvgIpc) is 2.65. The number of fused-ring (bicyclic) bond motifs is 2. The number of hydrogen-bond donors (Lipinski definition) is 1. The van der Waals surface area contributed by atoms with E-state index < -0.39 is 11.9 Å². The maximum absolute atomic E-state index is 12.8. The minimum absolute atomic E-state index is 0.273. The zero-order chi connectivity index (χ0) is 18.1. The second-order valence-electron chi connectivity index (χ2n) is 5.58. The minimum atomic E-state index is -1.11. The molecule has 2 aromatic carbocycles. The first-order chi connectivity index (χ1) is 11.9. The van der Waals surface area contributed by atoms with Gasteiger partial charge in [0, 0.05) is 37.2 Å². The number of amides is 1. The zero-order valence-corrected chi connectivity index (χ0v) is 13.6. The maximum atomic E-state index is 12.8. The van der Waals surface area contributed by atoms with Crippen molar-refractivity contribution < 1.29 is 24.2 Å². The molecule has 0 atom stereocenters. The second kappa shape index (κ2) is 6.24. The highest BCUT2D eigenvalue weighted by Crippen LogP contribution is 2.39. The van der Waals surface area contributed by atoms with Crippen molar-refractivity contribution in [3.8, 4) is 5.75 Å². The number of anilines is 1. The Kier molecular flexibility index (Phi) is 4.10. The summed E-state index contributed by atoms with van der Waals surface area (Å²) in [7, 11) is 1.60. The summed E-state index contributed by atoms with van der Waals surface area (Å²) in [6, 6.07) is 11.6. The molecule has 0 spiro atoms. The molecule has 3 rings (SSSR count). The van der Waals surface area contributed by atoms with Gasteiger partial charge in [-0.3, -0.25) is 9.59 Å². The molecule has 0 aromatic heterocycles. The first-order valence-electron chi connectivity index (χ1n) is 7.53. The summed E-state index contributed by atoms with van der Waals surface area (Å²) in [4.78, 5) is 36.8. The summed E-state index contributed by atoms with van der Waals surface area (Å²) in [6.45, 7) is 1.28. The van der Waals surface area contributed by atoms with Gasteiger partial charge in [0.05, 0.1) is 5.69 Å². The molecule has 1 aliphatic heterocycles. The topological polar surface area (TPSA) is 83.9 Å². The second-order valence-corrected chi connectivity index (χ2v) is 5.58. The van der Waals surface area contributed by atoms with E-state index in [1.807, 2.05) is 0 Å². The molecule has 0 unspecified atom stereocenters. The normalized spacial score (nSPS) is 14.6. The predicted octanol–water partition coefficient (Wildman–Crippen LogP) is 2.72. The fourth-order valence-electron chi connectivity index (χ4n) is 2.86. The summed E-state index contributed by atoms with van der Waals surface area (Å²) in [5.74, 6) is -1.58. The number of carboxylic acid groups (broad SMARTS) is 1. The molecule has 25 heavy (non-hydrogen) atoms. The van der Waals surface area contributed by atoms with Crippen LogP contribution in [0.5, 0.6) is 5.75 Å². The van der Waals surface area contributed by atoms with Crippen LogP contribution in [0.4, 0.5) is 5.69 Å². The molecule has 126 valence electrons. The Bertz CT molecular complexity index is 929. The largest absolute Gasteiger partial charge is 0.478 e. The Balaban J connectivity index is 2.30. The summed E-state index contributed by atoms with van der Waals surface area (Å²) in [6.07, 6.45) is 1.08. The predicted molar refractivity (Wildman–Crippen MR) is 91.6 cm³/mol. The Morgan fingerprint density at radius 1 is 1.08 bits per heavy atom. The van der Waals surface area contributed by atoms with Crippen molar-refractivity contribution in [1.29, 1.82) is 0 Å². The van der Waals surface area contributed by atoms with Crippen LogP contribution >= 0.6 is 0 Å². The van der Waals surface area contributed by atoms with Crippen LogP contribution in [-0.2, 0) is 9.59 Å². The minimum Gasteiger partial charge on any atom is -0.478 e. The highest BCUT2D eigenvalue weighted by Gasteiger charge is 2.28. The molecular weight excluding hydrogens is 322 g/mol. The first kappa shape index (κ1) is 16.4. The van der Waals surface area contributed by atoms with E-state index in [0.29, 0.717) is 28.0 Å². The summed E-state index contributed by atoms with van der Waals surface area (Å²) in [5.41, 5.74) is 2.40. The number of carbonyl (C=O) groups excluding carboxylic acids is 2. The van der Waals surface area contributed by atoms with Crippen LogP contribution in [-0.4, -0.2) is 30.0 Å². The van der Waals surface area contributed by atoms with Gasteiger partial charge in [-0.15, -0.1) is 0 Å². The highest BCUT2D eigenvalue weighted by molar-refractivity contribution is 6.15. The van der Waals surface area contributed by atoms with Crippen molar-refractivity contribution in [2.45, 2.75) is 6.92 Å². The van der Waals surface area contributed by atoms with E-state index in [2.05, 4.69) is 0 Å². The van der Waals surface area contributed by atoms with E-state index in [4.69, 9.17) is 4.74 Å². The third kappa shape index (κ3) is 3.01. The molecular formula is C19H15NO5. The quantitative estimate of drug-likeness (QED) is 0.517. The Morgan fingerprint density at radius 3 is 2.40 bits per heavy atom. The van der Waals surface area contributed by atoms with E-state index in [1.54, 1.807) is 49.5 Å². The standard InChI is InChI=1S/C19H15NO5/c1-11(21)25-12-7-8-14-16(10-18(22)23)13-5-3-4-6-15(13)19(24)20(2)17(14)9-12/h3-10H,1-2H3,(H,22,23)/b16-10-. The summed E-state index contributed by atoms with van der Waals surface area (Å²) in [5, 5.41) is 9.27. The van der Waals surface area contributed by atoms with Gasteiger partial charge in [-0.2, -0.15) is 0 Å². The number of esters is 1. The fourth-order valence-corrected chi connectivity index (χ4v) is 2.86. The van der Waals surface area contributed by atoms with E-state index in [9.17, 15) is 19.5 Å². The molecule has 0 saturated heterocycles. The molecule has 6 nitrogen and oxygen atoms in total. The van der Waals surface area contributed by atoms with Crippen molar-refractivity contribution in [3.63, 3.8) is 0 Å². The number of benzene rings is 2.